The van der Waals surface area contributed by atoms with Gasteiger partial charge in [-0.1, -0.05) is 12.5 Å². The van der Waals surface area contributed by atoms with Crippen molar-refractivity contribution in [2.45, 2.75) is 38.5 Å². The number of nitrogens with one attached hydrogen (secondary N) is 2. The summed E-state index contributed by atoms with van der Waals surface area (Å²) in [5, 5.41) is 4.80. The van der Waals surface area contributed by atoms with E-state index >= 15 is 0 Å². The summed E-state index contributed by atoms with van der Waals surface area (Å²) in [5.41, 5.74) is 7.03. The molecule has 0 aliphatic heterocycles. The number of hydrogen-bond acceptors (Lipinski definition) is 6. The van der Waals surface area contributed by atoms with Crippen LogP contribution in [0.1, 0.15) is 45.1 Å². The SMILES string of the molecule is O=C(Cc1csc(-c2cccs2)n1)NNC(=O)c1cc2c(s1)CCCCC2. The molecule has 0 saturated heterocycles. The molecule has 8 heteroatoms. The Labute approximate surface area is 169 Å². The molecular weight excluding hydrogens is 398 g/mol. The highest BCUT2D eigenvalue weighted by atomic mass is 32.1. The second-order valence-electron chi connectivity index (χ2n) is 6.42. The average molecular weight is 418 g/mol. The first kappa shape index (κ1) is 18.3. The summed E-state index contributed by atoms with van der Waals surface area (Å²) >= 11 is 4.69. The van der Waals surface area contributed by atoms with Crippen molar-refractivity contribution in [1.82, 2.24) is 15.8 Å². The van der Waals surface area contributed by atoms with Crippen LogP contribution >= 0.6 is 34.0 Å². The summed E-state index contributed by atoms with van der Waals surface area (Å²) in [5.74, 6) is -0.525. The number of rotatable bonds is 4. The maximum absolute atomic E-state index is 12.3. The Morgan fingerprint density at radius 3 is 2.85 bits per heavy atom. The normalized spacial score (nSPS) is 13.6. The average Bonchev–Trinajstić information content (AvgIpc) is 3.39. The molecule has 1 aliphatic carbocycles. The number of carbonyl (C=O) groups excluding carboxylic acids is 2. The van der Waals surface area contributed by atoms with Gasteiger partial charge in [0.2, 0.25) is 5.91 Å². The van der Waals surface area contributed by atoms with E-state index in [2.05, 4.69) is 15.8 Å². The number of hydrogen-bond donors (Lipinski definition) is 2. The zero-order valence-electron chi connectivity index (χ0n) is 14.6. The van der Waals surface area contributed by atoms with Crippen molar-refractivity contribution in [2.24, 2.45) is 0 Å². The Morgan fingerprint density at radius 2 is 2.00 bits per heavy atom. The van der Waals surface area contributed by atoms with Crippen LogP contribution in [0.15, 0.2) is 29.0 Å². The summed E-state index contributed by atoms with van der Waals surface area (Å²) in [6, 6.07) is 5.96. The number of fused-ring (bicyclic) bond motifs is 1. The Morgan fingerprint density at radius 1 is 1.11 bits per heavy atom. The lowest BCUT2D eigenvalue weighted by molar-refractivity contribution is -0.121. The Balaban J connectivity index is 1.31. The van der Waals surface area contributed by atoms with Gasteiger partial charge in [-0.05, 0) is 48.8 Å². The van der Waals surface area contributed by atoms with Gasteiger partial charge in [0.25, 0.3) is 5.91 Å². The van der Waals surface area contributed by atoms with Crippen molar-refractivity contribution in [3.05, 3.63) is 50.0 Å². The molecule has 0 saturated carbocycles. The lowest BCUT2D eigenvalue weighted by atomic mass is 10.1. The third-order valence-corrected chi connectivity index (χ3v) is 7.58. The topological polar surface area (TPSA) is 71.1 Å². The Kier molecular flexibility index (Phi) is 5.66. The molecule has 2 amide bonds. The summed E-state index contributed by atoms with van der Waals surface area (Å²) in [6.45, 7) is 0. The van der Waals surface area contributed by atoms with Gasteiger partial charge in [-0.2, -0.15) is 0 Å². The smallest absolute Gasteiger partial charge is 0.273 e. The molecule has 27 heavy (non-hydrogen) atoms. The van der Waals surface area contributed by atoms with Gasteiger partial charge < -0.3 is 0 Å². The van der Waals surface area contributed by atoms with E-state index in [1.807, 2.05) is 29.0 Å². The first-order valence-corrected chi connectivity index (χ1v) is 11.5. The second-order valence-corrected chi connectivity index (χ2v) is 9.36. The highest BCUT2D eigenvalue weighted by Crippen LogP contribution is 2.29. The van der Waals surface area contributed by atoms with E-state index in [1.165, 1.54) is 41.0 Å². The van der Waals surface area contributed by atoms with Crippen LogP contribution < -0.4 is 10.9 Å². The first-order chi connectivity index (χ1) is 13.2. The quantitative estimate of drug-likeness (QED) is 0.494. The van der Waals surface area contributed by atoms with Crippen LogP contribution in [0.3, 0.4) is 0 Å². The molecule has 3 aromatic heterocycles. The van der Waals surface area contributed by atoms with E-state index < -0.39 is 0 Å². The van der Waals surface area contributed by atoms with Crippen molar-refractivity contribution < 1.29 is 9.59 Å². The number of aromatic nitrogens is 1. The van der Waals surface area contributed by atoms with E-state index in [0.717, 1.165) is 22.7 Å². The maximum Gasteiger partial charge on any atom is 0.279 e. The highest BCUT2D eigenvalue weighted by Gasteiger charge is 2.17. The minimum atomic E-state index is -0.274. The molecule has 3 heterocycles. The van der Waals surface area contributed by atoms with Crippen LogP contribution in [-0.2, 0) is 24.1 Å². The summed E-state index contributed by atoms with van der Waals surface area (Å²) in [6.07, 6.45) is 5.86. The van der Waals surface area contributed by atoms with Gasteiger partial charge in [0.1, 0.15) is 5.01 Å². The van der Waals surface area contributed by atoms with E-state index in [1.54, 1.807) is 22.7 Å². The number of hydrazine groups is 1. The van der Waals surface area contributed by atoms with E-state index in [4.69, 9.17) is 0 Å². The van der Waals surface area contributed by atoms with Crippen LogP contribution in [0.5, 0.6) is 0 Å². The number of amides is 2. The first-order valence-electron chi connectivity index (χ1n) is 8.88. The molecule has 0 fully saturated rings. The second kappa shape index (κ2) is 8.33. The predicted molar refractivity (Wildman–Crippen MR) is 110 cm³/mol. The molecule has 0 atom stereocenters. The molecule has 0 radical (unpaired) electrons. The van der Waals surface area contributed by atoms with Crippen molar-refractivity contribution in [3.8, 4) is 9.88 Å². The van der Waals surface area contributed by atoms with Gasteiger partial charge in [-0.15, -0.1) is 34.0 Å². The van der Waals surface area contributed by atoms with E-state index in [9.17, 15) is 9.59 Å². The Hall–Kier alpha value is -2.03. The minimum absolute atomic E-state index is 0.142. The molecule has 1 aliphatic rings. The van der Waals surface area contributed by atoms with Gasteiger partial charge >= 0.3 is 0 Å². The molecule has 3 aromatic rings. The Bertz CT molecular complexity index is 920. The van der Waals surface area contributed by atoms with Crippen molar-refractivity contribution in [1.29, 1.82) is 0 Å². The number of aryl methyl sites for hydroxylation is 2. The number of carbonyl (C=O) groups is 2. The van der Waals surface area contributed by atoms with Crippen molar-refractivity contribution >= 4 is 45.8 Å². The molecule has 0 unspecified atom stereocenters. The highest BCUT2D eigenvalue weighted by molar-refractivity contribution is 7.20. The fourth-order valence-electron chi connectivity index (χ4n) is 3.08. The predicted octanol–water partition coefficient (Wildman–Crippen LogP) is 4.21. The zero-order chi connectivity index (χ0) is 18.6. The van der Waals surface area contributed by atoms with E-state index in [0.29, 0.717) is 10.6 Å². The van der Waals surface area contributed by atoms with Crippen LogP contribution in [-0.4, -0.2) is 16.8 Å². The van der Waals surface area contributed by atoms with Crippen molar-refractivity contribution in [3.63, 3.8) is 0 Å². The molecule has 0 spiro atoms. The number of thiophene rings is 2. The fourth-order valence-corrected chi connectivity index (χ4v) is 5.86. The monoisotopic (exact) mass is 417 g/mol. The summed E-state index contributed by atoms with van der Waals surface area (Å²) in [7, 11) is 0. The zero-order valence-corrected chi connectivity index (χ0v) is 17.1. The summed E-state index contributed by atoms with van der Waals surface area (Å²) in [4.78, 5) is 32.0. The van der Waals surface area contributed by atoms with Crippen LogP contribution in [0.4, 0.5) is 0 Å². The van der Waals surface area contributed by atoms with Gasteiger partial charge in [-0.25, -0.2) is 4.98 Å². The molecule has 4 rings (SSSR count). The third kappa shape index (κ3) is 4.45. The van der Waals surface area contributed by atoms with Gasteiger partial charge in [0, 0.05) is 10.3 Å². The fraction of sp³-hybridized carbons (Fsp3) is 0.316. The van der Waals surface area contributed by atoms with Crippen LogP contribution in [0.25, 0.3) is 9.88 Å². The van der Waals surface area contributed by atoms with Gasteiger partial charge in [-0.3, -0.25) is 20.4 Å². The number of thiazole rings is 1. The molecular formula is C19H19N3O2S3. The van der Waals surface area contributed by atoms with E-state index in [-0.39, 0.29) is 18.2 Å². The van der Waals surface area contributed by atoms with Gasteiger partial charge in [0.05, 0.1) is 21.9 Å². The van der Waals surface area contributed by atoms with Crippen LogP contribution in [0.2, 0.25) is 0 Å². The molecule has 2 N–H and O–H groups in total. The lowest BCUT2D eigenvalue weighted by Gasteiger charge is -2.05. The van der Waals surface area contributed by atoms with Crippen LogP contribution in [0, 0.1) is 0 Å². The summed E-state index contributed by atoms with van der Waals surface area (Å²) < 4.78 is 0. The minimum Gasteiger partial charge on any atom is -0.273 e. The standard InChI is InChI=1S/C19H19N3O2S3/c23-17(10-13-11-26-19(20-13)15-7-4-8-25-15)21-22-18(24)16-9-12-5-2-1-3-6-14(12)27-16/h4,7-9,11H,1-3,5-6,10H2,(H,21,23)(H,22,24). The lowest BCUT2D eigenvalue weighted by Crippen LogP contribution is -2.42. The third-order valence-electron chi connectivity index (χ3n) is 4.41. The van der Waals surface area contributed by atoms with Gasteiger partial charge in [0.15, 0.2) is 0 Å². The molecule has 0 aromatic carbocycles. The molecule has 0 bridgehead atoms. The number of nitrogens with zero attached hydrogens (tertiary/aromatic N) is 1. The maximum atomic E-state index is 12.3. The molecule has 140 valence electrons. The largest absolute Gasteiger partial charge is 0.279 e. The van der Waals surface area contributed by atoms with Crippen molar-refractivity contribution in [2.75, 3.05) is 0 Å². The molecule has 5 nitrogen and oxygen atoms in total.